The van der Waals surface area contributed by atoms with Crippen molar-refractivity contribution in [1.82, 2.24) is 5.32 Å². The number of benzene rings is 1. The average molecular weight is 267 g/mol. The summed E-state index contributed by atoms with van der Waals surface area (Å²) in [5.74, 6) is -1.07. The fraction of sp³-hybridized carbons (Fsp3) is 0.429. The van der Waals surface area contributed by atoms with Crippen molar-refractivity contribution < 1.29 is 18.7 Å². The normalized spacial score (nSPS) is 11.7. The van der Waals surface area contributed by atoms with E-state index in [0.29, 0.717) is 12.2 Å². The maximum Gasteiger partial charge on any atom is 0.306 e. The number of hydrogen-bond donors (Lipinski definition) is 1. The first-order chi connectivity index (χ1) is 9.04. The molecule has 0 bridgehead atoms. The Morgan fingerprint density at radius 3 is 2.63 bits per heavy atom. The monoisotopic (exact) mass is 267 g/mol. The highest BCUT2D eigenvalue weighted by atomic mass is 19.1. The summed E-state index contributed by atoms with van der Waals surface area (Å²) < 4.78 is 18.2. The van der Waals surface area contributed by atoms with Gasteiger partial charge in [0.2, 0.25) is 5.91 Å². The summed E-state index contributed by atoms with van der Waals surface area (Å²) in [6.07, 6.45) is 0.0707. The van der Waals surface area contributed by atoms with Gasteiger partial charge in [0.1, 0.15) is 5.82 Å². The van der Waals surface area contributed by atoms with Gasteiger partial charge in [0.15, 0.2) is 0 Å². The fourth-order valence-corrected chi connectivity index (χ4v) is 1.67. The van der Waals surface area contributed by atoms with Crippen LogP contribution >= 0.6 is 0 Å². The van der Waals surface area contributed by atoms with Crippen LogP contribution in [-0.4, -0.2) is 18.5 Å². The van der Waals surface area contributed by atoms with Crippen molar-refractivity contribution in [2.45, 2.75) is 32.7 Å². The molecule has 1 rings (SSSR count). The zero-order valence-electron chi connectivity index (χ0n) is 11.1. The Kier molecular flexibility index (Phi) is 5.99. The Balaban J connectivity index is 2.44. The van der Waals surface area contributed by atoms with E-state index in [2.05, 4.69) is 5.32 Å². The van der Waals surface area contributed by atoms with Crippen LogP contribution in [-0.2, 0) is 14.3 Å². The van der Waals surface area contributed by atoms with E-state index in [1.807, 2.05) is 0 Å². The van der Waals surface area contributed by atoms with Gasteiger partial charge >= 0.3 is 5.97 Å². The lowest BCUT2D eigenvalue weighted by molar-refractivity contribution is -0.144. The molecular weight excluding hydrogens is 249 g/mol. The number of hydrogen-bond acceptors (Lipinski definition) is 3. The minimum Gasteiger partial charge on any atom is -0.466 e. The number of amides is 1. The van der Waals surface area contributed by atoms with Gasteiger partial charge in [-0.2, -0.15) is 0 Å². The van der Waals surface area contributed by atoms with Gasteiger partial charge in [0, 0.05) is 12.0 Å². The van der Waals surface area contributed by atoms with Gasteiger partial charge in [-0.05, 0) is 19.9 Å². The molecule has 0 fully saturated rings. The number of nitrogens with one attached hydrogen (secondary N) is 1. The average Bonchev–Trinajstić information content (AvgIpc) is 2.37. The lowest BCUT2D eigenvalue weighted by Crippen LogP contribution is -2.27. The minimum absolute atomic E-state index is 0.0314. The topological polar surface area (TPSA) is 55.4 Å². The van der Waals surface area contributed by atoms with Gasteiger partial charge in [-0.15, -0.1) is 0 Å². The van der Waals surface area contributed by atoms with E-state index in [4.69, 9.17) is 4.74 Å². The van der Waals surface area contributed by atoms with E-state index in [0.717, 1.165) is 0 Å². The number of carbonyl (C=O) groups is 2. The molecule has 1 atom stereocenters. The van der Waals surface area contributed by atoms with Crippen LogP contribution in [0, 0.1) is 5.82 Å². The molecule has 4 nitrogen and oxygen atoms in total. The highest BCUT2D eigenvalue weighted by Crippen LogP contribution is 2.16. The third-order valence-corrected chi connectivity index (χ3v) is 2.61. The van der Waals surface area contributed by atoms with Crippen LogP contribution in [0.1, 0.15) is 38.3 Å². The Labute approximate surface area is 112 Å². The van der Waals surface area contributed by atoms with Crippen molar-refractivity contribution in [1.29, 1.82) is 0 Å². The quantitative estimate of drug-likeness (QED) is 0.805. The van der Waals surface area contributed by atoms with E-state index in [9.17, 15) is 14.0 Å². The standard InChI is InChI=1S/C14H18FNO3/c1-3-19-14(18)9-8-13(17)16-10(2)11-6-4-5-7-12(11)15/h4-7,10H,3,8-9H2,1-2H3,(H,16,17)/t10-/m1/s1. The third kappa shape index (κ3) is 5.07. The number of ether oxygens (including phenoxy) is 1. The molecule has 1 amide bonds. The molecule has 0 radical (unpaired) electrons. The number of rotatable bonds is 6. The molecule has 19 heavy (non-hydrogen) atoms. The molecule has 5 heteroatoms. The molecule has 0 aliphatic rings. The summed E-state index contributed by atoms with van der Waals surface area (Å²) >= 11 is 0. The van der Waals surface area contributed by atoms with Crippen molar-refractivity contribution in [3.05, 3.63) is 35.6 Å². The molecule has 1 aromatic rings. The molecule has 0 heterocycles. The molecule has 0 aromatic heterocycles. The summed E-state index contributed by atoms with van der Waals surface area (Å²) in [6, 6.07) is 5.83. The second kappa shape index (κ2) is 7.51. The predicted molar refractivity (Wildman–Crippen MR) is 68.8 cm³/mol. The van der Waals surface area contributed by atoms with E-state index >= 15 is 0 Å². The van der Waals surface area contributed by atoms with E-state index < -0.39 is 12.0 Å². The highest BCUT2D eigenvalue weighted by Gasteiger charge is 2.14. The molecule has 0 saturated carbocycles. The zero-order valence-corrected chi connectivity index (χ0v) is 11.1. The molecule has 1 N–H and O–H groups in total. The second-order valence-corrected chi connectivity index (χ2v) is 4.12. The van der Waals surface area contributed by atoms with E-state index in [-0.39, 0.29) is 24.6 Å². The first kappa shape index (κ1) is 15.1. The van der Waals surface area contributed by atoms with Crippen LogP contribution in [0.5, 0.6) is 0 Å². The largest absolute Gasteiger partial charge is 0.466 e. The number of carbonyl (C=O) groups excluding carboxylic acids is 2. The van der Waals surface area contributed by atoms with Crippen molar-refractivity contribution in [2.24, 2.45) is 0 Å². The molecule has 0 saturated heterocycles. The Morgan fingerprint density at radius 2 is 2.00 bits per heavy atom. The SMILES string of the molecule is CCOC(=O)CCC(=O)N[C@H](C)c1ccccc1F. The van der Waals surface area contributed by atoms with Crippen molar-refractivity contribution >= 4 is 11.9 Å². The second-order valence-electron chi connectivity index (χ2n) is 4.12. The third-order valence-electron chi connectivity index (χ3n) is 2.61. The van der Waals surface area contributed by atoms with Gasteiger partial charge < -0.3 is 10.1 Å². The summed E-state index contributed by atoms with van der Waals surface area (Å²) in [6.45, 7) is 3.70. The highest BCUT2D eigenvalue weighted by molar-refractivity contribution is 5.81. The predicted octanol–water partition coefficient (Wildman–Crippen LogP) is 2.35. The lowest BCUT2D eigenvalue weighted by atomic mass is 10.1. The van der Waals surface area contributed by atoms with Crippen LogP contribution in [0.2, 0.25) is 0 Å². The minimum atomic E-state index is -0.434. The van der Waals surface area contributed by atoms with Gasteiger partial charge in [0.05, 0.1) is 19.1 Å². The number of halogens is 1. The Hall–Kier alpha value is -1.91. The Morgan fingerprint density at radius 1 is 1.32 bits per heavy atom. The summed E-state index contributed by atoms with van der Waals surface area (Å²) in [4.78, 5) is 22.7. The smallest absolute Gasteiger partial charge is 0.306 e. The van der Waals surface area contributed by atoms with Crippen molar-refractivity contribution in [3.8, 4) is 0 Å². The van der Waals surface area contributed by atoms with Crippen molar-refractivity contribution in [2.75, 3.05) is 6.61 Å². The maximum absolute atomic E-state index is 13.5. The van der Waals surface area contributed by atoms with Gasteiger partial charge in [-0.25, -0.2) is 4.39 Å². The van der Waals surface area contributed by atoms with Crippen molar-refractivity contribution in [3.63, 3.8) is 0 Å². The van der Waals surface area contributed by atoms with Crippen LogP contribution in [0.25, 0.3) is 0 Å². The summed E-state index contributed by atoms with van der Waals surface area (Å²) in [7, 11) is 0. The lowest BCUT2D eigenvalue weighted by Gasteiger charge is -2.14. The summed E-state index contributed by atoms with van der Waals surface area (Å²) in [5.41, 5.74) is 0.423. The van der Waals surface area contributed by atoms with Crippen LogP contribution in [0.4, 0.5) is 4.39 Å². The van der Waals surface area contributed by atoms with Gasteiger partial charge in [0.25, 0.3) is 0 Å². The number of esters is 1. The first-order valence-corrected chi connectivity index (χ1v) is 6.24. The summed E-state index contributed by atoms with van der Waals surface area (Å²) in [5, 5.41) is 2.65. The zero-order chi connectivity index (χ0) is 14.3. The molecule has 0 aliphatic carbocycles. The first-order valence-electron chi connectivity index (χ1n) is 6.24. The van der Waals surface area contributed by atoms with Gasteiger partial charge in [-0.1, -0.05) is 18.2 Å². The molecule has 104 valence electrons. The van der Waals surface area contributed by atoms with Crippen LogP contribution in [0.15, 0.2) is 24.3 Å². The molecule has 0 spiro atoms. The molecular formula is C14H18FNO3. The van der Waals surface area contributed by atoms with Gasteiger partial charge in [-0.3, -0.25) is 9.59 Å². The molecule has 1 aromatic carbocycles. The fourth-order valence-electron chi connectivity index (χ4n) is 1.67. The maximum atomic E-state index is 13.5. The molecule has 0 unspecified atom stereocenters. The van der Waals surface area contributed by atoms with Crippen LogP contribution in [0.3, 0.4) is 0 Å². The van der Waals surface area contributed by atoms with E-state index in [1.165, 1.54) is 6.07 Å². The van der Waals surface area contributed by atoms with Crippen LogP contribution < -0.4 is 5.32 Å². The molecule has 0 aliphatic heterocycles. The van der Waals surface area contributed by atoms with E-state index in [1.54, 1.807) is 32.0 Å². The Bertz CT molecular complexity index is 448.